The third-order valence-electron chi connectivity index (χ3n) is 8.46. The van der Waals surface area contributed by atoms with Gasteiger partial charge >= 0.3 is 43.4 Å². The molecule has 8 nitrogen and oxygen atoms in total. The Balaban J connectivity index is 0. The van der Waals surface area contributed by atoms with Crippen LogP contribution in [0.15, 0.2) is 194 Å². The first-order valence-electron chi connectivity index (χ1n) is 20.2. The third kappa shape index (κ3) is 30.6. The zero-order chi connectivity index (χ0) is 47.9. The zero-order valence-electron chi connectivity index (χ0n) is 38.7. The molecule has 0 radical (unpaired) electrons. The maximum Gasteiger partial charge on any atom is 4.00 e. The minimum Gasteiger partial charge on any atom is -0.872 e. The van der Waals surface area contributed by atoms with Crippen molar-refractivity contribution in [3.8, 4) is 46.0 Å². The molecule has 0 saturated carbocycles. The summed E-state index contributed by atoms with van der Waals surface area (Å²) in [6, 6.07) is 54.9. The van der Waals surface area contributed by atoms with Gasteiger partial charge in [-0.15, -0.1) is 46.0 Å². The third-order valence-corrected chi connectivity index (χ3v) is 8.46. The van der Waals surface area contributed by atoms with E-state index in [9.17, 15) is 40.9 Å². The van der Waals surface area contributed by atoms with Crippen LogP contribution in [-0.4, -0.2) is 0 Å². The molecule has 0 spiro atoms. The van der Waals surface area contributed by atoms with Gasteiger partial charge in [0.2, 0.25) is 0 Å². The van der Waals surface area contributed by atoms with Gasteiger partial charge in [0.25, 0.3) is 0 Å². The van der Waals surface area contributed by atoms with E-state index in [1.165, 1.54) is 0 Å². The molecule has 0 fully saturated rings. The van der Waals surface area contributed by atoms with Crippen molar-refractivity contribution in [2.24, 2.45) is 0 Å². The van der Waals surface area contributed by atoms with Crippen LogP contribution >= 0.6 is 0 Å². The quantitative estimate of drug-likeness (QED) is 0.135. The van der Waals surface area contributed by atoms with Crippen LogP contribution in [0.2, 0.25) is 0 Å². The Kier molecular flexibility index (Phi) is 33.5. The number of hydrogen-bond donors (Lipinski definition) is 0. The molecule has 8 aromatic carbocycles. The summed E-state index contributed by atoms with van der Waals surface area (Å²) in [7, 11) is 0. The molecule has 0 atom stereocenters. The monoisotopic (exact) mass is 952 g/mol. The van der Waals surface area contributed by atoms with Crippen LogP contribution in [0.1, 0.15) is 44.5 Å². The van der Waals surface area contributed by atoms with Gasteiger partial charge in [0.05, 0.1) is 0 Å². The van der Waals surface area contributed by atoms with E-state index in [2.05, 4.69) is 0 Å². The second-order valence-electron chi connectivity index (χ2n) is 14.3. The van der Waals surface area contributed by atoms with Crippen LogP contribution in [0.4, 0.5) is 0 Å². The van der Waals surface area contributed by atoms with Crippen molar-refractivity contribution in [2.75, 3.05) is 0 Å². The number of hydrogen-bond acceptors (Lipinski definition) is 8. The SMILES string of the molecule is Cc1ccc([O-])cc1.Cc1ccc([O-])cc1.Cc1ccc([O-])cc1.Cc1ccc([O-])cc1.Cc1ccccc1[O-].Cc1ccccc1[O-].Cc1ccccc1[O-].Cc1ccccc1[O-].[Ti+4].[Ti+4]. The molecule has 0 aliphatic carbocycles. The van der Waals surface area contributed by atoms with Crippen LogP contribution in [0.5, 0.6) is 46.0 Å². The summed E-state index contributed by atoms with van der Waals surface area (Å²) in [5.74, 6) is 0.789. The van der Waals surface area contributed by atoms with Gasteiger partial charge in [0.1, 0.15) is 0 Å². The van der Waals surface area contributed by atoms with Crippen molar-refractivity contribution in [3.63, 3.8) is 0 Å². The smallest absolute Gasteiger partial charge is 0.872 e. The van der Waals surface area contributed by atoms with E-state index >= 15 is 0 Å². The standard InChI is InChI=1S/8C7H8O.2Ti/c4*1-6-2-4-7(8)5-3-6;4*1-6-4-2-3-5-7(6)8;;/h8*2-5,8H,1H3;;/q;;;;;;;;2*+4/p-8. The van der Waals surface area contributed by atoms with Crippen molar-refractivity contribution >= 4 is 0 Å². The van der Waals surface area contributed by atoms with E-state index in [4.69, 9.17) is 0 Å². The fourth-order valence-electron chi connectivity index (χ4n) is 4.38. The first kappa shape index (κ1) is 61.7. The fraction of sp³-hybridized carbons (Fsp3) is 0.143. The fourth-order valence-corrected chi connectivity index (χ4v) is 4.38. The number of para-hydroxylation sites is 4. The van der Waals surface area contributed by atoms with E-state index in [1.807, 2.05) is 152 Å². The number of aryl methyl sites for hydroxylation is 8. The van der Waals surface area contributed by atoms with Gasteiger partial charge in [-0.05, 0) is 55.4 Å². The number of rotatable bonds is 0. The Morgan fingerprint density at radius 3 is 0.424 bits per heavy atom. The van der Waals surface area contributed by atoms with Crippen LogP contribution in [0.25, 0.3) is 0 Å². The summed E-state index contributed by atoms with van der Waals surface area (Å²) in [5.41, 5.74) is 7.77. The molecule has 8 rings (SSSR count). The first-order valence-corrected chi connectivity index (χ1v) is 20.2. The molecular formula is C56H56O8Ti2. The molecule has 0 unspecified atom stereocenters. The maximum atomic E-state index is 10.6. The van der Waals surface area contributed by atoms with Crippen molar-refractivity contribution in [3.05, 3.63) is 239 Å². The largest absolute Gasteiger partial charge is 4.00 e. The minimum atomic E-state index is 0. The molecule has 0 amide bonds. The van der Waals surface area contributed by atoms with Gasteiger partial charge in [-0.25, -0.2) is 0 Å². The van der Waals surface area contributed by atoms with E-state index in [0.717, 1.165) is 44.5 Å². The molecule has 0 saturated heterocycles. The Morgan fingerprint density at radius 1 is 0.197 bits per heavy atom. The zero-order valence-corrected chi connectivity index (χ0v) is 41.9. The second kappa shape index (κ2) is 35.9. The van der Waals surface area contributed by atoms with E-state index in [0.29, 0.717) is 0 Å². The normalized spacial score (nSPS) is 8.85. The molecule has 0 N–H and O–H groups in total. The average molecular weight is 953 g/mol. The Morgan fingerprint density at radius 2 is 0.333 bits per heavy atom. The molecule has 0 aliphatic rings. The Labute approximate surface area is 421 Å². The van der Waals surface area contributed by atoms with Crippen LogP contribution in [0.3, 0.4) is 0 Å². The average Bonchev–Trinajstić information content (AvgIpc) is 3.28. The minimum absolute atomic E-state index is 0. The van der Waals surface area contributed by atoms with Gasteiger partial charge in [0.15, 0.2) is 0 Å². The van der Waals surface area contributed by atoms with Crippen LogP contribution in [0, 0.1) is 55.4 Å². The number of benzene rings is 8. The van der Waals surface area contributed by atoms with Crippen molar-refractivity contribution < 1.29 is 84.3 Å². The van der Waals surface area contributed by atoms with Crippen molar-refractivity contribution in [1.82, 2.24) is 0 Å². The van der Waals surface area contributed by atoms with Gasteiger partial charge in [-0.2, -0.15) is 0 Å². The van der Waals surface area contributed by atoms with Crippen molar-refractivity contribution in [2.45, 2.75) is 55.4 Å². The van der Waals surface area contributed by atoms with Crippen LogP contribution in [-0.2, 0) is 43.4 Å². The van der Waals surface area contributed by atoms with Gasteiger partial charge in [-0.3, -0.25) is 0 Å². The molecule has 66 heavy (non-hydrogen) atoms. The predicted molar refractivity (Wildman–Crippen MR) is 245 cm³/mol. The maximum absolute atomic E-state index is 10.6. The summed E-state index contributed by atoms with van der Waals surface area (Å²) in [5, 5.41) is 84.2. The molecular weight excluding hydrogens is 896 g/mol. The summed E-state index contributed by atoms with van der Waals surface area (Å²) in [4.78, 5) is 0. The molecule has 0 bridgehead atoms. The topological polar surface area (TPSA) is 184 Å². The Hall–Kier alpha value is -6.41. The van der Waals surface area contributed by atoms with Gasteiger partial charge in [-0.1, -0.05) is 239 Å². The van der Waals surface area contributed by atoms with Crippen molar-refractivity contribution in [1.29, 1.82) is 0 Å². The molecule has 8 aromatic rings. The summed E-state index contributed by atoms with van der Waals surface area (Å²) in [6.07, 6.45) is 0. The Bertz CT molecular complexity index is 1920. The van der Waals surface area contributed by atoms with E-state index < -0.39 is 0 Å². The summed E-state index contributed by atoms with van der Waals surface area (Å²) in [6.45, 7) is 15.1. The first-order chi connectivity index (χ1) is 30.4. The van der Waals surface area contributed by atoms with Crippen LogP contribution < -0.4 is 40.9 Å². The summed E-state index contributed by atoms with van der Waals surface area (Å²) >= 11 is 0. The second-order valence-corrected chi connectivity index (χ2v) is 14.3. The predicted octanol–water partition coefficient (Wildman–Crippen LogP) is 8.54. The molecule has 0 heterocycles. The van der Waals surface area contributed by atoms with E-state index in [-0.39, 0.29) is 89.4 Å². The summed E-state index contributed by atoms with van der Waals surface area (Å²) < 4.78 is 0. The van der Waals surface area contributed by atoms with Gasteiger partial charge < -0.3 is 40.9 Å². The van der Waals surface area contributed by atoms with Gasteiger partial charge in [0, 0.05) is 0 Å². The molecule has 0 aliphatic heterocycles. The molecule has 336 valence electrons. The van der Waals surface area contributed by atoms with E-state index in [1.54, 1.807) is 97.1 Å². The molecule has 0 aromatic heterocycles. The molecule has 10 heteroatoms.